The lowest BCUT2D eigenvalue weighted by Crippen LogP contribution is -2.48. The van der Waals surface area contributed by atoms with Crippen LogP contribution >= 0.6 is 7.82 Å². The lowest BCUT2D eigenvalue weighted by atomic mass is 10.3. The fraction of sp³-hybridized carbons (Fsp3) is 1.00. The second-order valence-corrected chi connectivity index (χ2v) is 5.54. The Labute approximate surface area is 105 Å². The molecule has 0 aromatic rings. The van der Waals surface area contributed by atoms with Crippen LogP contribution in [0.5, 0.6) is 0 Å². The van der Waals surface area contributed by atoms with E-state index in [-0.39, 0.29) is 13.2 Å². The molecule has 0 saturated carbocycles. The Hall–Kier alpha value is 0.0700. The van der Waals surface area contributed by atoms with Gasteiger partial charge < -0.3 is 9.38 Å². The largest absolute Gasteiger partial charge is 0.472 e. The first-order valence-electron chi connectivity index (χ1n) is 6.42. The first kappa shape index (κ1) is 17.1. The van der Waals surface area contributed by atoms with Crippen molar-refractivity contribution in [3.05, 3.63) is 0 Å². The van der Waals surface area contributed by atoms with Crippen LogP contribution in [0.4, 0.5) is 0 Å². The van der Waals surface area contributed by atoms with Gasteiger partial charge in [-0.3, -0.25) is 9.05 Å². The van der Waals surface area contributed by atoms with Gasteiger partial charge in [0.25, 0.3) is 0 Å². The molecule has 17 heavy (non-hydrogen) atoms. The van der Waals surface area contributed by atoms with Gasteiger partial charge in [0.1, 0.15) is 0 Å². The summed E-state index contributed by atoms with van der Waals surface area (Å²) in [7, 11) is -3.81. The van der Waals surface area contributed by atoms with E-state index in [1.165, 1.54) is 0 Å². The average molecular weight is 268 g/mol. The second-order valence-electron chi connectivity index (χ2n) is 4.09. The van der Waals surface area contributed by atoms with Gasteiger partial charge in [-0.1, -0.05) is 0 Å². The number of phosphoric acid groups is 1. The normalized spacial score (nSPS) is 15.8. The van der Waals surface area contributed by atoms with Crippen LogP contribution in [0.2, 0.25) is 0 Å². The van der Waals surface area contributed by atoms with E-state index < -0.39 is 7.82 Å². The van der Waals surface area contributed by atoms with E-state index in [4.69, 9.17) is 4.52 Å². The number of quaternary nitrogens is 1. The molecule has 0 aliphatic heterocycles. The van der Waals surface area contributed by atoms with Crippen molar-refractivity contribution in [1.82, 2.24) is 0 Å². The Morgan fingerprint density at radius 3 is 2.00 bits per heavy atom. The molecule has 0 radical (unpaired) electrons. The predicted octanol–water partition coefficient (Wildman–Crippen LogP) is 2.41. The summed E-state index contributed by atoms with van der Waals surface area (Å²) in [4.78, 5) is 9.22. The van der Waals surface area contributed by atoms with Crippen molar-refractivity contribution in [3.8, 4) is 0 Å². The maximum absolute atomic E-state index is 11.3. The molecule has 0 spiro atoms. The molecule has 0 heterocycles. The topological polar surface area (TPSA) is 55.8 Å². The van der Waals surface area contributed by atoms with Crippen LogP contribution in [-0.2, 0) is 13.6 Å². The number of phosphoric ester groups is 1. The quantitative estimate of drug-likeness (QED) is 0.375. The highest BCUT2D eigenvalue weighted by molar-refractivity contribution is 7.47. The van der Waals surface area contributed by atoms with Gasteiger partial charge in [0.05, 0.1) is 39.4 Å². The van der Waals surface area contributed by atoms with Crippen LogP contribution in [0.1, 0.15) is 34.1 Å². The number of hydrogen-bond acceptors (Lipinski definition) is 3. The molecule has 0 bridgehead atoms. The van der Waals surface area contributed by atoms with Crippen molar-refractivity contribution < 1.29 is 23.0 Å². The summed E-state index contributed by atoms with van der Waals surface area (Å²) in [5, 5.41) is 0. The minimum absolute atomic E-state index is 0.187. The van der Waals surface area contributed by atoms with Crippen molar-refractivity contribution in [2.45, 2.75) is 34.1 Å². The summed E-state index contributed by atoms with van der Waals surface area (Å²) in [5.41, 5.74) is 0. The highest BCUT2D eigenvalue weighted by Crippen LogP contribution is 2.42. The fourth-order valence-corrected chi connectivity index (χ4v) is 2.69. The Bertz CT molecular complexity index is 235. The maximum atomic E-state index is 11.3. The third-order valence-corrected chi connectivity index (χ3v) is 4.43. The first-order chi connectivity index (χ1) is 7.95. The smallest absolute Gasteiger partial charge is 0.324 e. The molecular weight excluding hydrogens is 241 g/mol. The van der Waals surface area contributed by atoms with E-state index in [1.807, 2.05) is 0 Å². The number of nitrogens with zero attached hydrogens (tertiary/aromatic N) is 1. The molecule has 0 aliphatic carbocycles. The standard InChI is InChI=1S/C11H26NO4P/c1-5-12(6-2,7-3)10-9-11-16-17(13,14)15-8-4/h5-11H2,1-4H3/p+1. The van der Waals surface area contributed by atoms with Crippen LogP contribution in [0, 0.1) is 0 Å². The Kier molecular flexibility index (Phi) is 8.25. The second kappa shape index (κ2) is 8.22. The van der Waals surface area contributed by atoms with Gasteiger partial charge in [-0.25, -0.2) is 4.57 Å². The molecule has 1 unspecified atom stereocenters. The highest BCUT2D eigenvalue weighted by Gasteiger charge is 2.22. The minimum Gasteiger partial charge on any atom is -0.324 e. The van der Waals surface area contributed by atoms with Crippen molar-refractivity contribution in [3.63, 3.8) is 0 Å². The van der Waals surface area contributed by atoms with E-state index in [2.05, 4.69) is 25.3 Å². The molecule has 5 nitrogen and oxygen atoms in total. The van der Waals surface area contributed by atoms with Gasteiger partial charge in [0.2, 0.25) is 0 Å². The minimum atomic E-state index is -3.81. The summed E-state index contributed by atoms with van der Waals surface area (Å²) >= 11 is 0. The van der Waals surface area contributed by atoms with Crippen molar-refractivity contribution >= 4 is 7.82 Å². The zero-order valence-electron chi connectivity index (χ0n) is 11.5. The van der Waals surface area contributed by atoms with E-state index in [9.17, 15) is 9.46 Å². The Balaban J connectivity index is 3.94. The van der Waals surface area contributed by atoms with E-state index in [0.29, 0.717) is 0 Å². The van der Waals surface area contributed by atoms with Gasteiger partial charge >= 0.3 is 7.82 Å². The van der Waals surface area contributed by atoms with Gasteiger partial charge in [0, 0.05) is 6.42 Å². The lowest BCUT2D eigenvalue weighted by Gasteiger charge is -2.35. The molecule has 104 valence electrons. The molecular formula is C11H27NO4P+. The third kappa shape index (κ3) is 6.53. The molecule has 6 heteroatoms. The third-order valence-electron chi connectivity index (χ3n) is 3.34. The predicted molar refractivity (Wildman–Crippen MR) is 68.8 cm³/mol. The summed E-state index contributed by atoms with van der Waals surface area (Å²) in [6, 6.07) is 0. The molecule has 0 amide bonds. The first-order valence-corrected chi connectivity index (χ1v) is 7.91. The molecule has 0 aliphatic rings. The molecule has 1 atom stereocenters. The van der Waals surface area contributed by atoms with Crippen LogP contribution < -0.4 is 0 Å². The fourth-order valence-electron chi connectivity index (χ4n) is 1.93. The molecule has 0 aromatic heterocycles. The zero-order valence-corrected chi connectivity index (χ0v) is 12.4. The Morgan fingerprint density at radius 2 is 1.59 bits per heavy atom. The van der Waals surface area contributed by atoms with Crippen LogP contribution in [0.3, 0.4) is 0 Å². The monoisotopic (exact) mass is 268 g/mol. The van der Waals surface area contributed by atoms with Crippen molar-refractivity contribution in [2.24, 2.45) is 0 Å². The van der Waals surface area contributed by atoms with Gasteiger partial charge in [-0.05, 0) is 27.7 Å². The summed E-state index contributed by atoms with van der Waals surface area (Å²) < 4.78 is 21.8. The molecule has 0 aromatic carbocycles. The van der Waals surface area contributed by atoms with Crippen molar-refractivity contribution in [2.75, 3.05) is 39.4 Å². The summed E-state index contributed by atoms with van der Waals surface area (Å²) in [5.74, 6) is 0. The maximum Gasteiger partial charge on any atom is 0.472 e. The summed E-state index contributed by atoms with van der Waals surface area (Å²) in [6.07, 6.45) is 0.771. The zero-order chi connectivity index (χ0) is 13.4. The van der Waals surface area contributed by atoms with Crippen LogP contribution in [-0.4, -0.2) is 48.8 Å². The van der Waals surface area contributed by atoms with Gasteiger partial charge in [-0.15, -0.1) is 0 Å². The molecule has 0 rings (SSSR count). The Morgan fingerprint density at radius 1 is 1.06 bits per heavy atom. The SMILES string of the molecule is CCOP(=O)(O)OCCC[N+](CC)(CC)CC. The van der Waals surface area contributed by atoms with Crippen molar-refractivity contribution in [1.29, 1.82) is 0 Å². The van der Waals surface area contributed by atoms with Crippen LogP contribution in [0.25, 0.3) is 0 Å². The number of hydrogen-bond donors (Lipinski definition) is 1. The summed E-state index contributed by atoms with van der Waals surface area (Å²) in [6.45, 7) is 12.8. The molecule has 0 fully saturated rings. The highest BCUT2D eigenvalue weighted by atomic mass is 31.2. The van der Waals surface area contributed by atoms with Crippen LogP contribution in [0.15, 0.2) is 0 Å². The van der Waals surface area contributed by atoms with E-state index in [0.717, 1.165) is 37.1 Å². The lowest BCUT2D eigenvalue weighted by molar-refractivity contribution is -0.923. The van der Waals surface area contributed by atoms with Gasteiger partial charge in [0.15, 0.2) is 0 Å². The number of rotatable bonds is 10. The molecule has 0 saturated heterocycles. The average Bonchev–Trinajstić information content (AvgIpc) is 2.30. The van der Waals surface area contributed by atoms with E-state index >= 15 is 0 Å². The molecule has 1 N–H and O–H groups in total. The van der Waals surface area contributed by atoms with Gasteiger partial charge in [-0.2, -0.15) is 0 Å². The van der Waals surface area contributed by atoms with E-state index in [1.54, 1.807) is 6.92 Å².